The summed E-state index contributed by atoms with van der Waals surface area (Å²) < 4.78 is 1.73. The van der Waals surface area contributed by atoms with Crippen LogP contribution < -0.4 is 0 Å². The summed E-state index contributed by atoms with van der Waals surface area (Å²) in [7, 11) is 1.83. The Morgan fingerprint density at radius 3 is 2.82 bits per heavy atom. The van der Waals surface area contributed by atoms with Gasteiger partial charge < -0.3 is 0 Å². The zero-order chi connectivity index (χ0) is 12.4. The summed E-state index contributed by atoms with van der Waals surface area (Å²) in [6, 6.07) is 1.91. The molecule has 17 heavy (non-hydrogen) atoms. The molecule has 0 radical (unpaired) electrons. The van der Waals surface area contributed by atoms with Crippen molar-refractivity contribution in [2.75, 3.05) is 0 Å². The fourth-order valence-corrected chi connectivity index (χ4v) is 2.51. The van der Waals surface area contributed by atoms with Crippen LogP contribution in [0.1, 0.15) is 16.1 Å². The Morgan fingerprint density at radius 2 is 2.24 bits per heavy atom. The number of aryl methyl sites for hydroxylation is 2. The molecule has 0 saturated carbocycles. The van der Waals surface area contributed by atoms with Gasteiger partial charge in [-0.3, -0.25) is 9.48 Å². The first-order valence-corrected chi connectivity index (χ1v) is 5.95. The van der Waals surface area contributed by atoms with Crippen LogP contribution in [0.15, 0.2) is 22.4 Å². The SMILES string of the molecule is Cc1cc(Sc2ncnc(Cl)c2C=O)n(C)n1. The van der Waals surface area contributed by atoms with Crippen molar-refractivity contribution in [2.45, 2.75) is 17.0 Å². The molecule has 7 heteroatoms. The molecule has 88 valence electrons. The normalized spacial score (nSPS) is 10.5. The van der Waals surface area contributed by atoms with Crippen LogP contribution in [-0.4, -0.2) is 26.0 Å². The number of halogens is 1. The van der Waals surface area contributed by atoms with Gasteiger partial charge in [-0.2, -0.15) is 5.10 Å². The highest BCUT2D eigenvalue weighted by Gasteiger charge is 2.12. The summed E-state index contributed by atoms with van der Waals surface area (Å²) in [5.41, 5.74) is 1.21. The van der Waals surface area contributed by atoms with Crippen molar-refractivity contribution < 1.29 is 4.79 Å². The number of hydrogen-bond acceptors (Lipinski definition) is 5. The quantitative estimate of drug-likeness (QED) is 0.630. The summed E-state index contributed by atoms with van der Waals surface area (Å²) in [6.07, 6.45) is 1.99. The molecule has 0 aliphatic rings. The average molecular weight is 269 g/mol. The molecule has 2 aromatic rings. The predicted octanol–water partition coefficient (Wildman–Crippen LogP) is 2.14. The minimum atomic E-state index is 0.163. The van der Waals surface area contributed by atoms with Gasteiger partial charge >= 0.3 is 0 Å². The minimum Gasteiger partial charge on any atom is -0.298 e. The van der Waals surface area contributed by atoms with E-state index < -0.39 is 0 Å². The summed E-state index contributed by atoms with van der Waals surface area (Å²) in [5, 5.41) is 5.80. The molecule has 0 bridgehead atoms. The Labute approximate surface area is 107 Å². The highest BCUT2D eigenvalue weighted by atomic mass is 35.5. The lowest BCUT2D eigenvalue weighted by molar-refractivity contribution is 0.112. The first-order chi connectivity index (χ1) is 8.11. The second-order valence-electron chi connectivity index (χ2n) is 3.35. The molecule has 0 saturated heterocycles. The van der Waals surface area contributed by atoms with Crippen molar-refractivity contribution in [2.24, 2.45) is 7.05 Å². The molecular weight excluding hydrogens is 260 g/mol. The lowest BCUT2D eigenvalue weighted by Gasteiger charge is -2.03. The number of aldehydes is 1. The van der Waals surface area contributed by atoms with Gasteiger partial charge in [-0.1, -0.05) is 11.6 Å². The van der Waals surface area contributed by atoms with E-state index in [1.54, 1.807) is 4.68 Å². The zero-order valence-electron chi connectivity index (χ0n) is 9.22. The van der Waals surface area contributed by atoms with Gasteiger partial charge in [0.15, 0.2) is 6.29 Å². The molecule has 0 fully saturated rings. The van der Waals surface area contributed by atoms with Crippen molar-refractivity contribution in [1.82, 2.24) is 19.7 Å². The Bertz CT molecular complexity index is 569. The number of aromatic nitrogens is 4. The maximum Gasteiger partial charge on any atom is 0.155 e. The lowest BCUT2D eigenvalue weighted by Crippen LogP contribution is -1.96. The average Bonchev–Trinajstić information content (AvgIpc) is 2.58. The van der Waals surface area contributed by atoms with E-state index in [0.717, 1.165) is 10.7 Å². The summed E-state index contributed by atoms with van der Waals surface area (Å²) >= 11 is 7.16. The third kappa shape index (κ3) is 2.48. The Hall–Kier alpha value is -1.40. The third-order valence-electron chi connectivity index (χ3n) is 2.08. The molecule has 0 atom stereocenters. The van der Waals surface area contributed by atoms with E-state index in [0.29, 0.717) is 16.9 Å². The molecule has 0 spiro atoms. The smallest absolute Gasteiger partial charge is 0.155 e. The van der Waals surface area contributed by atoms with Crippen molar-refractivity contribution in [3.05, 3.63) is 28.8 Å². The predicted molar refractivity (Wildman–Crippen MR) is 64.5 cm³/mol. The number of nitrogens with zero attached hydrogens (tertiary/aromatic N) is 4. The fourth-order valence-electron chi connectivity index (χ4n) is 1.32. The van der Waals surface area contributed by atoms with Gasteiger partial charge in [0.05, 0.1) is 11.3 Å². The van der Waals surface area contributed by atoms with E-state index in [1.165, 1.54) is 18.1 Å². The van der Waals surface area contributed by atoms with Crippen LogP contribution in [0.3, 0.4) is 0 Å². The van der Waals surface area contributed by atoms with Gasteiger partial charge in [0.1, 0.15) is 21.5 Å². The van der Waals surface area contributed by atoms with Gasteiger partial charge in [-0.15, -0.1) is 0 Å². The molecular formula is C10H9ClN4OS. The molecule has 2 heterocycles. The molecule has 0 aliphatic carbocycles. The largest absolute Gasteiger partial charge is 0.298 e. The Kier molecular flexibility index (Phi) is 3.44. The molecule has 2 aromatic heterocycles. The minimum absolute atomic E-state index is 0.163. The van der Waals surface area contributed by atoms with Crippen LogP contribution in [0.4, 0.5) is 0 Å². The first-order valence-electron chi connectivity index (χ1n) is 4.76. The first kappa shape index (κ1) is 12.1. The van der Waals surface area contributed by atoms with Crippen LogP contribution >= 0.6 is 23.4 Å². The molecule has 2 rings (SSSR count). The van der Waals surface area contributed by atoms with Crippen LogP contribution in [0.5, 0.6) is 0 Å². The van der Waals surface area contributed by atoms with E-state index in [-0.39, 0.29) is 5.15 Å². The van der Waals surface area contributed by atoms with Crippen LogP contribution in [0, 0.1) is 6.92 Å². The van der Waals surface area contributed by atoms with Crippen LogP contribution in [0.25, 0.3) is 0 Å². The van der Waals surface area contributed by atoms with E-state index in [2.05, 4.69) is 15.1 Å². The van der Waals surface area contributed by atoms with Gasteiger partial charge in [0.25, 0.3) is 0 Å². The highest BCUT2D eigenvalue weighted by Crippen LogP contribution is 2.30. The zero-order valence-corrected chi connectivity index (χ0v) is 10.8. The monoisotopic (exact) mass is 268 g/mol. The summed E-state index contributed by atoms with van der Waals surface area (Å²) in [6.45, 7) is 1.90. The molecule has 0 N–H and O–H groups in total. The third-order valence-corrected chi connectivity index (χ3v) is 3.49. The maximum absolute atomic E-state index is 10.9. The molecule has 0 amide bonds. The van der Waals surface area contributed by atoms with Crippen LogP contribution in [0.2, 0.25) is 5.15 Å². The number of hydrogen-bond donors (Lipinski definition) is 0. The second-order valence-corrected chi connectivity index (χ2v) is 4.72. The number of carbonyl (C=O) groups excluding carboxylic acids is 1. The van der Waals surface area contributed by atoms with E-state index in [4.69, 9.17) is 11.6 Å². The van der Waals surface area contributed by atoms with Gasteiger partial charge in [0, 0.05) is 7.05 Å². The molecule has 0 unspecified atom stereocenters. The number of carbonyl (C=O) groups is 1. The van der Waals surface area contributed by atoms with Gasteiger partial charge in [-0.05, 0) is 24.8 Å². The second kappa shape index (κ2) is 4.85. The standard InChI is InChI=1S/C10H9ClN4OS/c1-6-3-8(15(2)14-6)17-10-7(4-16)9(11)12-5-13-10/h3-5H,1-2H3. The molecule has 0 aliphatic heterocycles. The van der Waals surface area contributed by atoms with Crippen molar-refractivity contribution in [3.63, 3.8) is 0 Å². The Morgan fingerprint density at radius 1 is 1.47 bits per heavy atom. The van der Waals surface area contributed by atoms with E-state index >= 15 is 0 Å². The van der Waals surface area contributed by atoms with Crippen molar-refractivity contribution in [3.8, 4) is 0 Å². The molecule has 5 nitrogen and oxygen atoms in total. The van der Waals surface area contributed by atoms with Crippen molar-refractivity contribution in [1.29, 1.82) is 0 Å². The van der Waals surface area contributed by atoms with Crippen LogP contribution in [-0.2, 0) is 7.05 Å². The van der Waals surface area contributed by atoms with E-state index in [9.17, 15) is 4.79 Å². The van der Waals surface area contributed by atoms with Gasteiger partial charge in [0.2, 0.25) is 0 Å². The van der Waals surface area contributed by atoms with Gasteiger partial charge in [-0.25, -0.2) is 9.97 Å². The molecule has 0 aromatic carbocycles. The number of rotatable bonds is 3. The highest BCUT2D eigenvalue weighted by molar-refractivity contribution is 7.99. The van der Waals surface area contributed by atoms with Crippen molar-refractivity contribution >= 4 is 29.6 Å². The summed E-state index contributed by atoms with van der Waals surface area (Å²) in [4.78, 5) is 18.7. The fraction of sp³-hybridized carbons (Fsp3) is 0.200. The Balaban J connectivity index is 2.39. The topological polar surface area (TPSA) is 60.7 Å². The summed E-state index contributed by atoms with van der Waals surface area (Å²) in [5.74, 6) is 0. The maximum atomic E-state index is 10.9. The lowest BCUT2D eigenvalue weighted by atomic mass is 10.4. The van der Waals surface area contributed by atoms with E-state index in [1.807, 2.05) is 20.0 Å².